The fourth-order valence-electron chi connectivity index (χ4n) is 2.85. The molecule has 1 amide bonds. The molecule has 0 saturated carbocycles. The molecule has 0 spiro atoms. The number of hydrogen-bond acceptors (Lipinski definition) is 4. The minimum Gasteiger partial charge on any atom is -0.452 e. The summed E-state index contributed by atoms with van der Waals surface area (Å²) < 4.78 is 5.14. The van der Waals surface area contributed by atoms with Gasteiger partial charge in [-0.05, 0) is 51.0 Å². The Morgan fingerprint density at radius 2 is 1.64 bits per heavy atom. The first-order valence-electron chi connectivity index (χ1n) is 9.02. The van der Waals surface area contributed by atoms with E-state index in [1.165, 1.54) is 0 Å². The number of para-hydroxylation sites is 1. The summed E-state index contributed by atoms with van der Waals surface area (Å²) in [5.74, 6) is -0.165. The van der Waals surface area contributed by atoms with Crippen LogP contribution in [0.5, 0.6) is 0 Å². The highest BCUT2D eigenvalue weighted by atomic mass is 16.5. The number of nitrogens with zero attached hydrogens (tertiary/aromatic N) is 1. The Kier molecular flexibility index (Phi) is 5.59. The highest BCUT2D eigenvalue weighted by molar-refractivity contribution is 5.96. The molecule has 0 radical (unpaired) electrons. The molecule has 0 atom stereocenters. The second-order valence-electron chi connectivity index (χ2n) is 6.76. The topological polar surface area (TPSA) is 84.1 Å². The number of carbonyl (C=O) groups is 2. The molecule has 3 rings (SSSR count). The van der Waals surface area contributed by atoms with Gasteiger partial charge in [-0.3, -0.25) is 4.79 Å². The average Bonchev–Trinajstić information content (AvgIpc) is 3.02. The quantitative estimate of drug-likeness (QED) is 0.656. The van der Waals surface area contributed by atoms with Gasteiger partial charge in [-0.2, -0.15) is 0 Å². The molecule has 2 aromatic carbocycles. The molecule has 0 unspecified atom stereocenters. The Hall–Kier alpha value is -3.41. The molecule has 6 nitrogen and oxygen atoms in total. The maximum absolute atomic E-state index is 12.2. The molecule has 0 aliphatic carbocycles. The fourth-order valence-corrected chi connectivity index (χ4v) is 2.85. The third kappa shape index (κ3) is 4.28. The Balaban J connectivity index is 1.59. The van der Waals surface area contributed by atoms with Crippen LogP contribution in [0.2, 0.25) is 0 Å². The van der Waals surface area contributed by atoms with Crippen LogP contribution in [-0.4, -0.2) is 28.5 Å². The third-order valence-corrected chi connectivity index (χ3v) is 4.60. The van der Waals surface area contributed by atoms with Gasteiger partial charge in [0.2, 0.25) is 0 Å². The summed E-state index contributed by atoms with van der Waals surface area (Å²) in [6.45, 7) is 7.38. The number of aromatic nitrogens is 2. The molecule has 0 aliphatic heterocycles. The lowest BCUT2D eigenvalue weighted by Crippen LogP contribution is -2.21. The number of nitrogens with one attached hydrogen (secondary N) is 2. The van der Waals surface area contributed by atoms with E-state index >= 15 is 0 Å². The number of hydrogen-bond donors (Lipinski definition) is 2. The summed E-state index contributed by atoms with van der Waals surface area (Å²) >= 11 is 0. The molecular weight excluding hydrogens is 354 g/mol. The predicted octanol–water partition coefficient (Wildman–Crippen LogP) is 4.11. The average molecular weight is 377 g/mol. The minimum absolute atomic E-state index is 0.342. The summed E-state index contributed by atoms with van der Waals surface area (Å²) in [6.07, 6.45) is 0. The molecule has 0 fully saturated rings. The number of carbonyl (C=O) groups excluding carboxylic acids is 2. The Bertz CT molecular complexity index is 980. The van der Waals surface area contributed by atoms with Gasteiger partial charge in [-0.25, -0.2) is 9.78 Å². The molecule has 1 aromatic heterocycles. The number of imidazole rings is 1. The van der Waals surface area contributed by atoms with E-state index in [1.54, 1.807) is 24.3 Å². The van der Waals surface area contributed by atoms with Crippen molar-refractivity contribution in [3.63, 3.8) is 0 Å². The smallest absolute Gasteiger partial charge is 0.338 e. The molecule has 1 heterocycles. The van der Waals surface area contributed by atoms with E-state index in [0.29, 0.717) is 5.56 Å². The van der Waals surface area contributed by atoms with Crippen LogP contribution in [0, 0.1) is 27.7 Å². The van der Waals surface area contributed by atoms with Gasteiger partial charge >= 0.3 is 5.97 Å². The zero-order chi connectivity index (χ0) is 20.3. The number of benzene rings is 2. The summed E-state index contributed by atoms with van der Waals surface area (Å²) in [6, 6.07) is 12.7. The van der Waals surface area contributed by atoms with Gasteiger partial charge in [0.05, 0.1) is 11.3 Å². The van der Waals surface area contributed by atoms with Gasteiger partial charge in [-0.1, -0.05) is 30.3 Å². The number of esters is 1. The zero-order valence-electron chi connectivity index (χ0n) is 16.4. The van der Waals surface area contributed by atoms with E-state index in [-0.39, 0.29) is 12.5 Å². The standard InChI is InChI=1S/C22H23N3O3/c1-13-6-5-7-14(2)20(13)25-19(26)12-28-22(27)18-10-8-17(9-11-18)21-23-15(3)16(4)24-21/h5-11H,12H2,1-4H3,(H,23,24)(H,25,26). The van der Waals surface area contributed by atoms with Gasteiger partial charge in [0, 0.05) is 16.9 Å². The van der Waals surface area contributed by atoms with E-state index in [2.05, 4.69) is 15.3 Å². The SMILES string of the molecule is Cc1cccc(C)c1NC(=O)COC(=O)c1ccc(-c2nc(C)c(C)[nH]2)cc1. The van der Waals surface area contributed by atoms with Crippen molar-refractivity contribution in [2.24, 2.45) is 0 Å². The lowest BCUT2D eigenvalue weighted by molar-refractivity contribution is -0.119. The lowest BCUT2D eigenvalue weighted by Gasteiger charge is -2.11. The van der Waals surface area contributed by atoms with Crippen LogP contribution in [0.3, 0.4) is 0 Å². The molecule has 28 heavy (non-hydrogen) atoms. The van der Waals surface area contributed by atoms with Gasteiger partial charge in [-0.15, -0.1) is 0 Å². The van der Waals surface area contributed by atoms with Crippen LogP contribution in [0.25, 0.3) is 11.4 Å². The highest BCUT2D eigenvalue weighted by Gasteiger charge is 2.13. The van der Waals surface area contributed by atoms with Crippen molar-refractivity contribution in [2.75, 3.05) is 11.9 Å². The molecule has 6 heteroatoms. The molecule has 2 N–H and O–H groups in total. The van der Waals surface area contributed by atoms with Crippen LogP contribution in [0.1, 0.15) is 32.9 Å². The predicted molar refractivity (Wildman–Crippen MR) is 108 cm³/mol. The van der Waals surface area contributed by atoms with Crippen LogP contribution in [0.4, 0.5) is 5.69 Å². The number of aromatic amines is 1. The van der Waals surface area contributed by atoms with Crippen molar-refractivity contribution in [3.8, 4) is 11.4 Å². The maximum Gasteiger partial charge on any atom is 0.338 e. The summed E-state index contributed by atoms with van der Waals surface area (Å²) in [5.41, 5.74) is 5.86. The number of H-pyrrole nitrogens is 1. The molecule has 144 valence electrons. The van der Waals surface area contributed by atoms with Crippen LogP contribution in [0.15, 0.2) is 42.5 Å². The normalized spacial score (nSPS) is 10.6. The third-order valence-electron chi connectivity index (χ3n) is 4.60. The number of aryl methyl sites for hydroxylation is 4. The van der Waals surface area contributed by atoms with E-state index in [4.69, 9.17) is 4.74 Å². The van der Waals surface area contributed by atoms with E-state index in [9.17, 15) is 9.59 Å². The van der Waals surface area contributed by atoms with E-state index in [1.807, 2.05) is 45.9 Å². The van der Waals surface area contributed by atoms with Gasteiger partial charge in [0.25, 0.3) is 5.91 Å². The maximum atomic E-state index is 12.2. The van der Waals surface area contributed by atoms with Crippen molar-refractivity contribution < 1.29 is 14.3 Å². The van der Waals surface area contributed by atoms with Crippen molar-refractivity contribution in [3.05, 3.63) is 70.5 Å². The Morgan fingerprint density at radius 3 is 2.21 bits per heavy atom. The first-order chi connectivity index (χ1) is 13.3. The Morgan fingerprint density at radius 1 is 1.00 bits per heavy atom. The molecular formula is C22H23N3O3. The lowest BCUT2D eigenvalue weighted by atomic mass is 10.1. The first kappa shape index (κ1) is 19.4. The Labute approximate surface area is 164 Å². The monoisotopic (exact) mass is 377 g/mol. The van der Waals surface area contributed by atoms with Crippen molar-refractivity contribution in [2.45, 2.75) is 27.7 Å². The molecule has 0 saturated heterocycles. The zero-order valence-corrected chi connectivity index (χ0v) is 16.4. The number of rotatable bonds is 5. The fraction of sp³-hybridized carbons (Fsp3) is 0.227. The number of anilines is 1. The highest BCUT2D eigenvalue weighted by Crippen LogP contribution is 2.20. The summed E-state index contributed by atoms with van der Waals surface area (Å²) in [7, 11) is 0. The van der Waals surface area contributed by atoms with Gasteiger partial charge in [0.1, 0.15) is 5.82 Å². The summed E-state index contributed by atoms with van der Waals surface area (Å²) in [4.78, 5) is 32.0. The van der Waals surface area contributed by atoms with Crippen LogP contribution < -0.4 is 5.32 Å². The van der Waals surface area contributed by atoms with Crippen molar-refractivity contribution >= 4 is 17.6 Å². The minimum atomic E-state index is -0.546. The first-order valence-corrected chi connectivity index (χ1v) is 9.02. The van der Waals surface area contributed by atoms with E-state index < -0.39 is 5.97 Å². The molecule has 0 aliphatic rings. The van der Waals surface area contributed by atoms with E-state index in [0.717, 1.165) is 39.6 Å². The molecule has 0 bridgehead atoms. The van der Waals surface area contributed by atoms with Crippen molar-refractivity contribution in [1.82, 2.24) is 9.97 Å². The van der Waals surface area contributed by atoms with Gasteiger partial charge in [0.15, 0.2) is 6.61 Å². The largest absolute Gasteiger partial charge is 0.452 e. The van der Waals surface area contributed by atoms with Crippen molar-refractivity contribution in [1.29, 1.82) is 0 Å². The summed E-state index contributed by atoms with van der Waals surface area (Å²) in [5, 5.41) is 2.79. The second kappa shape index (κ2) is 8.08. The van der Waals surface area contributed by atoms with Crippen LogP contribution >= 0.6 is 0 Å². The van der Waals surface area contributed by atoms with Crippen LogP contribution in [-0.2, 0) is 9.53 Å². The molecule has 3 aromatic rings. The number of amides is 1. The number of ether oxygens (including phenoxy) is 1. The van der Waals surface area contributed by atoms with Gasteiger partial charge < -0.3 is 15.0 Å². The second-order valence-corrected chi connectivity index (χ2v) is 6.76.